The van der Waals surface area contributed by atoms with Gasteiger partial charge in [-0.25, -0.2) is 0 Å². The molecule has 7 nitrogen and oxygen atoms in total. The quantitative estimate of drug-likeness (QED) is 0.740. The Bertz CT molecular complexity index is 702. The van der Waals surface area contributed by atoms with E-state index in [0.717, 1.165) is 11.1 Å². The van der Waals surface area contributed by atoms with Gasteiger partial charge in [0.2, 0.25) is 0 Å². The molecule has 128 valence electrons. The molecule has 1 fully saturated rings. The van der Waals surface area contributed by atoms with Gasteiger partial charge in [-0.15, -0.1) is 11.8 Å². The summed E-state index contributed by atoms with van der Waals surface area (Å²) in [5.41, 5.74) is 0.929. The van der Waals surface area contributed by atoms with Crippen molar-refractivity contribution in [3.63, 3.8) is 0 Å². The van der Waals surface area contributed by atoms with E-state index in [1.54, 1.807) is 31.8 Å². The predicted octanol–water partition coefficient (Wildman–Crippen LogP) is 0.687. The number of aliphatic hydroxyl groups is 3. The van der Waals surface area contributed by atoms with Gasteiger partial charge >= 0.3 is 0 Å². The molecule has 3 rings (SSSR count). The summed E-state index contributed by atoms with van der Waals surface area (Å²) in [4.78, 5) is 8.25. The molecule has 0 saturated carbocycles. The van der Waals surface area contributed by atoms with Crippen LogP contribution in [0.3, 0.4) is 0 Å². The Morgan fingerprint density at radius 1 is 0.958 bits per heavy atom. The summed E-state index contributed by atoms with van der Waals surface area (Å²) in [5.74, 6) is 1.38. The van der Waals surface area contributed by atoms with Crippen molar-refractivity contribution in [2.24, 2.45) is 0 Å². The van der Waals surface area contributed by atoms with Gasteiger partial charge in [0.1, 0.15) is 23.7 Å². The predicted molar refractivity (Wildman–Crippen MR) is 88.9 cm³/mol. The van der Waals surface area contributed by atoms with Crippen LogP contribution in [0.15, 0.2) is 36.9 Å². The molecule has 2 aromatic rings. The second kappa shape index (κ2) is 7.35. The van der Waals surface area contributed by atoms with Crippen molar-refractivity contribution < 1.29 is 24.8 Å². The molecule has 4 atom stereocenters. The van der Waals surface area contributed by atoms with Crippen molar-refractivity contribution in [1.82, 2.24) is 9.97 Å². The van der Waals surface area contributed by atoms with Crippen LogP contribution in [0.1, 0.15) is 0 Å². The van der Waals surface area contributed by atoms with Gasteiger partial charge in [-0.05, 0) is 12.1 Å². The SMILES string of the molecule is COc1cncc(-c2cncc(O[C@H]3SC[C@@H](O)[C@H](O)[C@H]3O)c2)c1. The van der Waals surface area contributed by atoms with E-state index in [1.165, 1.54) is 18.0 Å². The molecule has 0 spiro atoms. The lowest BCUT2D eigenvalue weighted by Crippen LogP contribution is -2.50. The van der Waals surface area contributed by atoms with E-state index in [4.69, 9.17) is 9.47 Å². The number of pyridine rings is 2. The maximum atomic E-state index is 10.0. The molecule has 3 heterocycles. The first kappa shape index (κ1) is 17.0. The second-order valence-corrected chi connectivity index (χ2v) is 6.52. The Balaban J connectivity index is 1.78. The highest BCUT2D eigenvalue weighted by molar-refractivity contribution is 7.99. The third kappa shape index (κ3) is 3.62. The highest BCUT2D eigenvalue weighted by atomic mass is 32.2. The zero-order valence-corrected chi connectivity index (χ0v) is 13.8. The van der Waals surface area contributed by atoms with E-state index in [1.807, 2.05) is 6.07 Å². The summed E-state index contributed by atoms with van der Waals surface area (Å²) in [6.45, 7) is 0. The molecule has 0 radical (unpaired) electrons. The lowest BCUT2D eigenvalue weighted by Gasteiger charge is -2.34. The van der Waals surface area contributed by atoms with Crippen LogP contribution in [0.2, 0.25) is 0 Å². The minimum absolute atomic E-state index is 0.288. The Morgan fingerprint density at radius 2 is 1.58 bits per heavy atom. The first-order chi connectivity index (χ1) is 11.6. The first-order valence-corrected chi connectivity index (χ1v) is 8.40. The number of thioether (sulfide) groups is 1. The third-order valence-electron chi connectivity index (χ3n) is 3.70. The van der Waals surface area contributed by atoms with Gasteiger partial charge in [0.05, 0.1) is 25.6 Å². The van der Waals surface area contributed by atoms with Gasteiger partial charge in [0, 0.05) is 29.3 Å². The largest absolute Gasteiger partial charge is 0.495 e. The lowest BCUT2D eigenvalue weighted by atomic mass is 10.1. The number of aliphatic hydroxyl groups excluding tert-OH is 3. The molecule has 1 aliphatic rings. The van der Waals surface area contributed by atoms with Crippen LogP contribution in [-0.4, -0.2) is 61.9 Å². The molecule has 1 saturated heterocycles. The minimum Gasteiger partial charge on any atom is -0.495 e. The van der Waals surface area contributed by atoms with Crippen molar-refractivity contribution in [2.75, 3.05) is 12.9 Å². The van der Waals surface area contributed by atoms with Crippen LogP contribution in [0.5, 0.6) is 11.5 Å². The van der Waals surface area contributed by atoms with Crippen LogP contribution in [-0.2, 0) is 0 Å². The van der Waals surface area contributed by atoms with Gasteiger partial charge in [-0.1, -0.05) is 0 Å². The van der Waals surface area contributed by atoms with Gasteiger partial charge < -0.3 is 24.8 Å². The van der Waals surface area contributed by atoms with Gasteiger partial charge in [-0.2, -0.15) is 0 Å². The molecule has 3 N–H and O–H groups in total. The molecular formula is C16H18N2O5S. The monoisotopic (exact) mass is 350 g/mol. The van der Waals surface area contributed by atoms with Crippen molar-refractivity contribution in [1.29, 1.82) is 0 Å². The van der Waals surface area contributed by atoms with E-state index >= 15 is 0 Å². The Morgan fingerprint density at radius 3 is 2.25 bits per heavy atom. The second-order valence-electron chi connectivity index (χ2n) is 5.39. The van der Waals surface area contributed by atoms with Crippen molar-refractivity contribution in [3.05, 3.63) is 36.9 Å². The molecule has 0 bridgehead atoms. The van der Waals surface area contributed by atoms with Crippen LogP contribution in [0.25, 0.3) is 11.1 Å². The van der Waals surface area contributed by atoms with E-state index in [9.17, 15) is 15.3 Å². The molecule has 0 aromatic carbocycles. The fraction of sp³-hybridized carbons (Fsp3) is 0.375. The van der Waals surface area contributed by atoms with Crippen molar-refractivity contribution in [2.45, 2.75) is 23.7 Å². The van der Waals surface area contributed by atoms with E-state index in [0.29, 0.717) is 11.5 Å². The standard InChI is InChI=1S/C16H18N2O5S/c1-22-11-2-9(4-17-6-11)10-3-12(7-18-5-10)23-16-15(21)14(20)13(19)8-24-16/h2-7,13-16,19-21H,8H2,1H3/t13-,14+,15-,16+/m1/s1. The highest BCUT2D eigenvalue weighted by Crippen LogP contribution is 2.31. The van der Waals surface area contributed by atoms with Crippen molar-refractivity contribution in [3.8, 4) is 22.6 Å². The normalized spacial score (nSPS) is 26.8. The highest BCUT2D eigenvalue weighted by Gasteiger charge is 2.38. The molecular weight excluding hydrogens is 332 g/mol. The van der Waals surface area contributed by atoms with Gasteiger partial charge in [-0.3, -0.25) is 9.97 Å². The van der Waals surface area contributed by atoms with Crippen LogP contribution in [0, 0.1) is 0 Å². The number of hydrogen-bond donors (Lipinski definition) is 3. The molecule has 0 unspecified atom stereocenters. The van der Waals surface area contributed by atoms with Crippen LogP contribution >= 0.6 is 11.8 Å². The number of aromatic nitrogens is 2. The zero-order chi connectivity index (χ0) is 17.1. The number of hydrogen-bond acceptors (Lipinski definition) is 8. The lowest BCUT2D eigenvalue weighted by molar-refractivity contribution is -0.0786. The number of ether oxygens (including phenoxy) is 2. The molecule has 2 aromatic heterocycles. The first-order valence-electron chi connectivity index (χ1n) is 7.35. The minimum atomic E-state index is -1.23. The maximum Gasteiger partial charge on any atom is 0.173 e. The molecule has 0 amide bonds. The van der Waals surface area contributed by atoms with Crippen LogP contribution < -0.4 is 9.47 Å². The molecule has 1 aliphatic heterocycles. The third-order valence-corrected chi connectivity index (χ3v) is 4.94. The average molecular weight is 350 g/mol. The average Bonchev–Trinajstić information content (AvgIpc) is 2.62. The summed E-state index contributed by atoms with van der Waals surface area (Å²) >= 11 is 1.24. The smallest absolute Gasteiger partial charge is 0.173 e. The summed E-state index contributed by atoms with van der Waals surface area (Å²) in [7, 11) is 1.57. The number of methoxy groups -OCH3 is 1. The Labute approximate surface area is 143 Å². The fourth-order valence-corrected chi connectivity index (χ4v) is 3.47. The summed E-state index contributed by atoms with van der Waals surface area (Å²) in [6, 6.07) is 3.60. The summed E-state index contributed by atoms with van der Waals surface area (Å²) < 4.78 is 10.9. The molecule has 0 aliphatic carbocycles. The molecule has 8 heteroatoms. The maximum absolute atomic E-state index is 10.0. The molecule has 24 heavy (non-hydrogen) atoms. The van der Waals surface area contributed by atoms with E-state index in [-0.39, 0.29) is 5.75 Å². The van der Waals surface area contributed by atoms with E-state index in [2.05, 4.69) is 9.97 Å². The van der Waals surface area contributed by atoms with Gasteiger partial charge in [0.25, 0.3) is 0 Å². The van der Waals surface area contributed by atoms with Crippen LogP contribution in [0.4, 0.5) is 0 Å². The van der Waals surface area contributed by atoms with Gasteiger partial charge in [0.15, 0.2) is 5.44 Å². The van der Waals surface area contributed by atoms with Crippen molar-refractivity contribution >= 4 is 11.8 Å². The summed E-state index contributed by atoms with van der Waals surface area (Å²) in [6.07, 6.45) is 3.13. The topological polar surface area (TPSA) is 105 Å². The zero-order valence-electron chi connectivity index (χ0n) is 12.9. The van der Waals surface area contributed by atoms with E-state index < -0.39 is 23.7 Å². The fourth-order valence-electron chi connectivity index (χ4n) is 2.35. The number of nitrogens with zero attached hydrogens (tertiary/aromatic N) is 2. The number of rotatable bonds is 4. The summed E-state index contributed by atoms with van der Waals surface area (Å²) in [5, 5.41) is 29.3. The Hall–Kier alpha value is -1.87. The Kier molecular flexibility index (Phi) is 5.20.